The fourth-order valence-electron chi connectivity index (χ4n) is 1.52. The highest BCUT2D eigenvalue weighted by atomic mass is 16.5. The third kappa shape index (κ3) is 3.15. The van der Waals surface area contributed by atoms with Gasteiger partial charge in [0.2, 0.25) is 0 Å². The Balaban J connectivity index is 2.16. The molecule has 7 nitrogen and oxygen atoms in total. The summed E-state index contributed by atoms with van der Waals surface area (Å²) in [5.74, 6) is -0.885. The lowest BCUT2D eigenvalue weighted by Crippen LogP contribution is -2.11. The van der Waals surface area contributed by atoms with E-state index in [9.17, 15) is 14.7 Å². The molecule has 0 spiro atoms. The monoisotopic (exact) mass is 261 g/mol. The summed E-state index contributed by atoms with van der Waals surface area (Å²) < 4.78 is 6.15. The number of carbonyl (C=O) groups is 2. The van der Waals surface area contributed by atoms with Crippen molar-refractivity contribution in [1.29, 1.82) is 0 Å². The summed E-state index contributed by atoms with van der Waals surface area (Å²) in [6, 6.07) is 4.05. The van der Waals surface area contributed by atoms with E-state index in [-0.39, 0.29) is 29.4 Å². The molecule has 1 aromatic carbocycles. The summed E-state index contributed by atoms with van der Waals surface area (Å²) in [5.41, 5.74) is 0.131. The number of phenolic OH excluding ortho intramolecular Hbond substituents is 1. The van der Waals surface area contributed by atoms with Crippen molar-refractivity contribution in [2.24, 2.45) is 0 Å². The summed E-state index contributed by atoms with van der Waals surface area (Å²) in [6.45, 7) is 1.22. The van der Waals surface area contributed by atoms with Gasteiger partial charge in [0.15, 0.2) is 5.78 Å². The van der Waals surface area contributed by atoms with Crippen LogP contribution in [0.1, 0.15) is 17.3 Å². The number of phenols is 1. The number of hydrogen-bond acceptors (Lipinski definition) is 6. The first kappa shape index (κ1) is 12.7. The minimum atomic E-state index is -0.499. The van der Waals surface area contributed by atoms with E-state index in [4.69, 9.17) is 4.74 Å². The normalized spacial score (nSPS) is 10.2. The van der Waals surface area contributed by atoms with Crippen LogP contribution in [0.5, 0.6) is 11.5 Å². The van der Waals surface area contributed by atoms with Crippen molar-refractivity contribution in [3.63, 3.8) is 0 Å². The van der Waals surface area contributed by atoms with Gasteiger partial charge < -0.3 is 9.84 Å². The Morgan fingerprint density at radius 3 is 2.79 bits per heavy atom. The number of rotatable bonds is 4. The number of hydrogen-bond donors (Lipinski definition) is 1. The zero-order valence-electron chi connectivity index (χ0n) is 10.1. The minimum Gasteiger partial charge on any atom is -0.507 e. The molecule has 0 atom stereocenters. The predicted molar refractivity (Wildman–Crippen MR) is 63.8 cm³/mol. The van der Waals surface area contributed by atoms with Crippen LogP contribution in [0.15, 0.2) is 30.9 Å². The summed E-state index contributed by atoms with van der Waals surface area (Å²) in [4.78, 5) is 26.4. The zero-order chi connectivity index (χ0) is 13.8. The van der Waals surface area contributed by atoms with Gasteiger partial charge in [0, 0.05) is 13.0 Å². The maximum atomic E-state index is 11.9. The highest BCUT2D eigenvalue weighted by molar-refractivity contribution is 5.98. The van der Waals surface area contributed by atoms with E-state index in [1.54, 1.807) is 0 Å². The van der Waals surface area contributed by atoms with Crippen LogP contribution in [0.2, 0.25) is 0 Å². The molecule has 0 radical (unpaired) electrons. The Bertz CT molecular complexity index is 607. The van der Waals surface area contributed by atoms with Crippen molar-refractivity contribution in [3.8, 4) is 11.5 Å². The maximum absolute atomic E-state index is 11.9. The van der Waals surface area contributed by atoms with Gasteiger partial charge in [0.1, 0.15) is 30.7 Å². The van der Waals surface area contributed by atoms with Gasteiger partial charge in [0.25, 0.3) is 0 Å². The average molecular weight is 261 g/mol. The summed E-state index contributed by atoms with van der Waals surface area (Å²) in [6.07, 6.45) is 2.72. The standard InChI is InChI=1S/C12H11N3O4/c1-8(16)19-9-2-3-10(11(17)4-9)12(18)5-15-7-13-6-14-15/h2-4,6-7,17H,5H2,1H3. The van der Waals surface area contributed by atoms with Crippen molar-refractivity contribution >= 4 is 11.8 Å². The number of carbonyl (C=O) groups excluding carboxylic acids is 2. The van der Waals surface area contributed by atoms with Gasteiger partial charge in [-0.1, -0.05) is 0 Å². The maximum Gasteiger partial charge on any atom is 0.308 e. The van der Waals surface area contributed by atoms with Crippen molar-refractivity contribution in [3.05, 3.63) is 36.4 Å². The van der Waals surface area contributed by atoms with E-state index in [0.717, 1.165) is 0 Å². The molecule has 0 saturated heterocycles. The number of nitrogens with zero attached hydrogens (tertiary/aromatic N) is 3. The molecule has 2 rings (SSSR count). The van der Waals surface area contributed by atoms with Gasteiger partial charge in [-0.2, -0.15) is 5.10 Å². The third-order valence-electron chi connectivity index (χ3n) is 2.30. The molecule has 0 bridgehead atoms. The Labute approximate surface area is 108 Å². The quantitative estimate of drug-likeness (QED) is 0.497. The molecule has 0 aliphatic carbocycles. The van der Waals surface area contributed by atoms with E-state index in [2.05, 4.69) is 10.1 Å². The van der Waals surface area contributed by atoms with Crippen LogP contribution in [-0.2, 0) is 11.3 Å². The second kappa shape index (κ2) is 5.30. The van der Waals surface area contributed by atoms with Gasteiger partial charge in [0.05, 0.1) is 5.56 Å². The molecule has 19 heavy (non-hydrogen) atoms. The fourth-order valence-corrected chi connectivity index (χ4v) is 1.52. The third-order valence-corrected chi connectivity index (χ3v) is 2.30. The summed E-state index contributed by atoms with van der Waals surface area (Å²) in [7, 11) is 0. The van der Waals surface area contributed by atoms with Crippen LogP contribution in [0.3, 0.4) is 0 Å². The SMILES string of the molecule is CC(=O)Oc1ccc(C(=O)Cn2cncn2)c(O)c1. The number of ketones is 1. The van der Waals surface area contributed by atoms with Gasteiger partial charge in [-0.3, -0.25) is 9.59 Å². The average Bonchev–Trinajstić information content (AvgIpc) is 2.80. The molecular weight excluding hydrogens is 250 g/mol. The number of benzene rings is 1. The highest BCUT2D eigenvalue weighted by Crippen LogP contribution is 2.24. The highest BCUT2D eigenvalue weighted by Gasteiger charge is 2.13. The molecule has 7 heteroatoms. The Morgan fingerprint density at radius 1 is 1.42 bits per heavy atom. The second-order valence-corrected chi connectivity index (χ2v) is 3.79. The molecule has 0 saturated carbocycles. The number of ether oxygens (including phenoxy) is 1. The van der Waals surface area contributed by atoms with Crippen LogP contribution < -0.4 is 4.74 Å². The number of Topliss-reactive ketones (excluding diaryl/α,β-unsaturated/α-hetero) is 1. The Morgan fingerprint density at radius 2 is 2.21 bits per heavy atom. The van der Waals surface area contributed by atoms with Gasteiger partial charge in [-0.05, 0) is 12.1 Å². The lowest BCUT2D eigenvalue weighted by molar-refractivity contribution is -0.131. The van der Waals surface area contributed by atoms with E-state index in [1.165, 1.54) is 42.5 Å². The first-order valence-corrected chi connectivity index (χ1v) is 5.43. The second-order valence-electron chi connectivity index (χ2n) is 3.79. The van der Waals surface area contributed by atoms with Crippen molar-refractivity contribution in [1.82, 2.24) is 14.8 Å². The lowest BCUT2D eigenvalue weighted by Gasteiger charge is -2.06. The largest absolute Gasteiger partial charge is 0.507 e. The topological polar surface area (TPSA) is 94.3 Å². The Kier molecular flexibility index (Phi) is 3.56. The number of esters is 1. The Hall–Kier alpha value is -2.70. The van der Waals surface area contributed by atoms with Crippen molar-refractivity contribution in [2.75, 3.05) is 0 Å². The molecule has 0 amide bonds. The van der Waals surface area contributed by atoms with Crippen LogP contribution in [0, 0.1) is 0 Å². The van der Waals surface area contributed by atoms with Gasteiger partial charge in [-0.25, -0.2) is 9.67 Å². The molecule has 1 heterocycles. The van der Waals surface area contributed by atoms with Crippen molar-refractivity contribution < 1.29 is 19.4 Å². The predicted octanol–water partition coefficient (Wildman–Crippen LogP) is 0.792. The minimum absolute atomic E-state index is 0.0273. The molecule has 0 fully saturated rings. The fraction of sp³-hybridized carbons (Fsp3) is 0.167. The summed E-state index contributed by atoms with van der Waals surface area (Å²) in [5, 5.41) is 13.5. The molecular formula is C12H11N3O4. The lowest BCUT2D eigenvalue weighted by atomic mass is 10.1. The molecule has 2 aromatic rings. The van der Waals surface area contributed by atoms with Crippen LogP contribution in [0.4, 0.5) is 0 Å². The molecule has 0 aliphatic heterocycles. The van der Waals surface area contributed by atoms with Gasteiger partial charge in [-0.15, -0.1) is 0 Å². The molecule has 0 aliphatic rings. The van der Waals surface area contributed by atoms with Gasteiger partial charge >= 0.3 is 5.97 Å². The van der Waals surface area contributed by atoms with Crippen molar-refractivity contribution in [2.45, 2.75) is 13.5 Å². The number of aromatic hydroxyl groups is 1. The smallest absolute Gasteiger partial charge is 0.308 e. The van der Waals surface area contributed by atoms with E-state index >= 15 is 0 Å². The van der Waals surface area contributed by atoms with Crippen LogP contribution in [-0.4, -0.2) is 31.6 Å². The number of aromatic nitrogens is 3. The summed E-state index contributed by atoms with van der Waals surface area (Å²) >= 11 is 0. The van der Waals surface area contributed by atoms with Crippen LogP contribution >= 0.6 is 0 Å². The van der Waals surface area contributed by atoms with E-state index in [0.29, 0.717) is 0 Å². The molecule has 1 N–H and O–H groups in total. The van der Waals surface area contributed by atoms with E-state index in [1.807, 2.05) is 0 Å². The first-order valence-electron chi connectivity index (χ1n) is 5.43. The zero-order valence-corrected chi connectivity index (χ0v) is 10.1. The molecule has 98 valence electrons. The first-order chi connectivity index (χ1) is 9.06. The van der Waals surface area contributed by atoms with Crippen LogP contribution in [0.25, 0.3) is 0 Å². The van der Waals surface area contributed by atoms with E-state index < -0.39 is 5.97 Å². The molecule has 1 aromatic heterocycles. The molecule has 0 unspecified atom stereocenters.